The summed E-state index contributed by atoms with van der Waals surface area (Å²) in [5, 5.41) is 11.2. The fourth-order valence-electron chi connectivity index (χ4n) is 6.38. The first-order valence-corrected chi connectivity index (χ1v) is 10.8. The molecule has 2 heteroatoms. The molecule has 3 atom stereocenters. The van der Waals surface area contributed by atoms with Crippen LogP contribution in [0.1, 0.15) is 78.8 Å². The van der Waals surface area contributed by atoms with Gasteiger partial charge < -0.3 is 5.11 Å². The van der Waals surface area contributed by atoms with Crippen molar-refractivity contribution in [3.05, 3.63) is 76.9 Å². The van der Waals surface area contributed by atoms with Crippen LogP contribution in [0.15, 0.2) is 60.2 Å². The molecule has 2 aromatic rings. The third-order valence-electron chi connectivity index (χ3n) is 7.54. The molecule has 5 rings (SSSR count). The van der Waals surface area contributed by atoms with Gasteiger partial charge >= 0.3 is 0 Å². The SMILES string of the molecule is O=C1c2ccccc2[C@H]2CCCC[C@@]12[C@@H]1CCCC/C1=C(/O)c1ccccc1. The van der Waals surface area contributed by atoms with Crippen molar-refractivity contribution >= 4 is 11.5 Å². The molecule has 0 amide bonds. The maximum absolute atomic E-state index is 13.9. The van der Waals surface area contributed by atoms with Crippen LogP contribution in [0, 0.1) is 11.3 Å². The third kappa shape index (κ3) is 2.50. The van der Waals surface area contributed by atoms with Crippen LogP contribution in [-0.2, 0) is 0 Å². The van der Waals surface area contributed by atoms with Crippen molar-refractivity contribution in [2.24, 2.45) is 11.3 Å². The summed E-state index contributed by atoms with van der Waals surface area (Å²) in [5.41, 5.74) is 3.87. The average molecular weight is 373 g/mol. The summed E-state index contributed by atoms with van der Waals surface area (Å²) in [7, 11) is 0. The Morgan fingerprint density at radius 1 is 0.857 bits per heavy atom. The molecule has 2 nitrogen and oxygen atoms in total. The van der Waals surface area contributed by atoms with E-state index in [1.54, 1.807) is 0 Å². The van der Waals surface area contributed by atoms with Crippen LogP contribution in [0.25, 0.3) is 5.76 Å². The second-order valence-corrected chi connectivity index (χ2v) is 8.79. The van der Waals surface area contributed by atoms with Crippen molar-refractivity contribution in [3.63, 3.8) is 0 Å². The summed E-state index contributed by atoms with van der Waals surface area (Å²) in [5.74, 6) is 1.24. The number of fused-ring (bicyclic) bond motifs is 3. The van der Waals surface area contributed by atoms with Crippen LogP contribution in [-0.4, -0.2) is 10.9 Å². The minimum atomic E-state index is -0.347. The Bertz CT molecular complexity index is 926. The number of benzene rings is 2. The van der Waals surface area contributed by atoms with Gasteiger partial charge in [0.25, 0.3) is 0 Å². The van der Waals surface area contributed by atoms with Gasteiger partial charge in [-0.2, -0.15) is 0 Å². The van der Waals surface area contributed by atoms with Crippen LogP contribution < -0.4 is 0 Å². The Hall–Kier alpha value is -2.35. The molecular weight excluding hydrogens is 344 g/mol. The average Bonchev–Trinajstić information content (AvgIpc) is 3.04. The first kappa shape index (κ1) is 17.7. The van der Waals surface area contributed by atoms with Gasteiger partial charge in [0.1, 0.15) is 5.76 Å². The number of aliphatic hydroxyl groups is 1. The van der Waals surface area contributed by atoms with E-state index in [0.29, 0.717) is 17.5 Å². The summed E-state index contributed by atoms with van der Waals surface area (Å²) >= 11 is 0. The van der Waals surface area contributed by atoms with Crippen LogP contribution in [0.3, 0.4) is 0 Å². The Morgan fingerprint density at radius 3 is 2.43 bits per heavy atom. The molecule has 0 heterocycles. The van der Waals surface area contributed by atoms with Gasteiger partial charge in [-0.25, -0.2) is 0 Å². The number of ketones is 1. The van der Waals surface area contributed by atoms with Gasteiger partial charge in [0.2, 0.25) is 0 Å². The minimum Gasteiger partial charge on any atom is -0.507 e. The normalized spacial score (nSPS) is 31.2. The highest BCUT2D eigenvalue weighted by atomic mass is 16.3. The summed E-state index contributed by atoms with van der Waals surface area (Å²) < 4.78 is 0. The summed E-state index contributed by atoms with van der Waals surface area (Å²) in [4.78, 5) is 13.9. The minimum absolute atomic E-state index is 0.159. The first-order chi connectivity index (χ1) is 13.7. The van der Waals surface area contributed by atoms with Gasteiger partial charge in [0.05, 0.1) is 0 Å². The Kier molecular flexibility index (Phi) is 4.38. The van der Waals surface area contributed by atoms with Crippen molar-refractivity contribution in [1.29, 1.82) is 0 Å². The molecule has 144 valence electrons. The predicted octanol–water partition coefficient (Wildman–Crippen LogP) is 6.69. The molecule has 2 aromatic carbocycles. The monoisotopic (exact) mass is 372 g/mol. The lowest BCUT2D eigenvalue weighted by molar-refractivity contribution is 0.0512. The van der Waals surface area contributed by atoms with Gasteiger partial charge in [0.15, 0.2) is 5.78 Å². The molecule has 2 saturated carbocycles. The highest BCUT2D eigenvalue weighted by Crippen LogP contribution is 2.62. The number of Topliss-reactive ketones (excluding diaryl/α,β-unsaturated/α-hetero) is 1. The molecule has 1 N–H and O–H groups in total. The Labute approximate surface area is 167 Å². The Balaban J connectivity index is 1.66. The second kappa shape index (κ2) is 6.92. The van der Waals surface area contributed by atoms with E-state index in [1.807, 2.05) is 42.5 Å². The van der Waals surface area contributed by atoms with E-state index in [9.17, 15) is 9.90 Å². The van der Waals surface area contributed by atoms with Crippen molar-refractivity contribution in [2.45, 2.75) is 57.3 Å². The molecule has 2 fully saturated rings. The zero-order chi connectivity index (χ0) is 19.1. The van der Waals surface area contributed by atoms with E-state index < -0.39 is 0 Å². The lowest BCUT2D eigenvalue weighted by Crippen LogP contribution is -2.43. The van der Waals surface area contributed by atoms with E-state index in [1.165, 1.54) is 12.0 Å². The van der Waals surface area contributed by atoms with Crippen LogP contribution in [0.2, 0.25) is 0 Å². The van der Waals surface area contributed by atoms with Gasteiger partial charge in [0, 0.05) is 16.5 Å². The zero-order valence-electron chi connectivity index (χ0n) is 16.4. The van der Waals surface area contributed by atoms with Crippen molar-refractivity contribution < 1.29 is 9.90 Å². The fraction of sp³-hybridized carbons (Fsp3) is 0.423. The number of allylic oxidation sites excluding steroid dienone is 1. The molecule has 0 aliphatic heterocycles. The van der Waals surface area contributed by atoms with Crippen LogP contribution >= 0.6 is 0 Å². The molecule has 0 aromatic heterocycles. The number of aliphatic hydroxyl groups excluding tert-OH is 1. The number of hydrogen-bond donors (Lipinski definition) is 1. The van der Waals surface area contributed by atoms with Crippen molar-refractivity contribution in [2.75, 3.05) is 0 Å². The number of hydrogen-bond acceptors (Lipinski definition) is 2. The fourth-order valence-corrected chi connectivity index (χ4v) is 6.38. The highest BCUT2D eigenvalue weighted by molar-refractivity contribution is 6.06. The molecule has 3 aliphatic rings. The third-order valence-corrected chi connectivity index (χ3v) is 7.54. The smallest absolute Gasteiger partial charge is 0.170 e. The van der Waals surface area contributed by atoms with E-state index >= 15 is 0 Å². The first-order valence-electron chi connectivity index (χ1n) is 10.8. The highest BCUT2D eigenvalue weighted by Gasteiger charge is 2.58. The summed E-state index contributed by atoms with van der Waals surface area (Å²) in [6, 6.07) is 18.2. The lowest BCUT2D eigenvalue weighted by Gasteiger charge is -2.47. The van der Waals surface area contributed by atoms with E-state index in [-0.39, 0.29) is 11.3 Å². The van der Waals surface area contributed by atoms with Gasteiger partial charge in [-0.15, -0.1) is 0 Å². The predicted molar refractivity (Wildman–Crippen MR) is 112 cm³/mol. The molecule has 0 unspecified atom stereocenters. The van der Waals surface area contributed by atoms with Gasteiger partial charge in [-0.1, -0.05) is 73.9 Å². The van der Waals surface area contributed by atoms with Crippen molar-refractivity contribution in [1.82, 2.24) is 0 Å². The standard InChI is InChI=1S/C26H28O2/c27-24(18-10-2-1-3-11-18)21-14-6-7-15-23(21)26-17-9-8-16-22(26)19-12-4-5-13-20(19)25(26)28/h1-5,10-13,22-23,27H,6-9,14-17H2/b24-21-/t22-,23-,26-/m1/s1. The van der Waals surface area contributed by atoms with Gasteiger partial charge in [-0.05, 0) is 55.1 Å². The molecule has 0 saturated heterocycles. The largest absolute Gasteiger partial charge is 0.507 e. The quantitative estimate of drug-likeness (QED) is 0.597. The Morgan fingerprint density at radius 2 is 1.57 bits per heavy atom. The molecular formula is C26H28O2. The zero-order valence-corrected chi connectivity index (χ0v) is 16.4. The second-order valence-electron chi connectivity index (χ2n) is 8.79. The topological polar surface area (TPSA) is 37.3 Å². The molecule has 0 radical (unpaired) electrons. The molecule has 28 heavy (non-hydrogen) atoms. The van der Waals surface area contributed by atoms with E-state index in [0.717, 1.165) is 61.6 Å². The number of rotatable bonds is 2. The molecule has 0 spiro atoms. The molecule has 3 aliphatic carbocycles. The van der Waals surface area contributed by atoms with Gasteiger partial charge in [-0.3, -0.25) is 4.79 Å². The maximum atomic E-state index is 13.9. The van der Waals surface area contributed by atoms with E-state index in [4.69, 9.17) is 0 Å². The molecule has 0 bridgehead atoms. The van der Waals surface area contributed by atoms with Crippen LogP contribution in [0.4, 0.5) is 0 Å². The number of carbonyl (C=O) groups excluding carboxylic acids is 1. The summed E-state index contributed by atoms with van der Waals surface area (Å²) in [6.07, 6.45) is 8.54. The summed E-state index contributed by atoms with van der Waals surface area (Å²) in [6.45, 7) is 0. The van der Waals surface area contributed by atoms with E-state index in [2.05, 4.69) is 12.1 Å². The van der Waals surface area contributed by atoms with Crippen molar-refractivity contribution in [3.8, 4) is 0 Å². The lowest BCUT2D eigenvalue weighted by atomic mass is 9.55. The maximum Gasteiger partial charge on any atom is 0.170 e. The number of carbonyl (C=O) groups is 1. The van der Waals surface area contributed by atoms with Crippen LogP contribution in [0.5, 0.6) is 0 Å².